The second-order valence-electron chi connectivity index (χ2n) is 7.16. The van der Waals surface area contributed by atoms with Crippen LogP contribution in [0.3, 0.4) is 0 Å². The fraction of sp³-hybridized carbons (Fsp3) is 0.647. The topological polar surface area (TPSA) is 27.7 Å². The van der Waals surface area contributed by atoms with Crippen LogP contribution < -0.4 is 5.46 Å². The number of hydrogen-bond donors (Lipinski definition) is 0. The molecule has 1 aromatic carbocycles. The van der Waals surface area contributed by atoms with E-state index in [2.05, 4.69) is 58.9 Å². The van der Waals surface area contributed by atoms with E-state index in [4.69, 9.17) is 14.0 Å². The molecule has 4 heteroatoms. The molecule has 0 N–H and O–H groups in total. The van der Waals surface area contributed by atoms with E-state index in [0.717, 1.165) is 24.9 Å². The van der Waals surface area contributed by atoms with Gasteiger partial charge in [0.1, 0.15) is 0 Å². The van der Waals surface area contributed by atoms with E-state index in [9.17, 15) is 0 Å². The normalized spacial score (nSPS) is 30.2. The Balaban J connectivity index is 1.88. The fourth-order valence-electron chi connectivity index (χ4n) is 3.01. The molecule has 3 nitrogen and oxygen atoms in total. The van der Waals surface area contributed by atoms with Crippen LogP contribution in [0.1, 0.15) is 53.0 Å². The van der Waals surface area contributed by atoms with Gasteiger partial charge in [-0.15, -0.1) is 0 Å². The molecular weight excluding hydrogens is 263 g/mol. The van der Waals surface area contributed by atoms with Crippen molar-refractivity contribution < 1.29 is 14.0 Å². The van der Waals surface area contributed by atoms with Gasteiger partial charge < -0.3 is 14.0 Å². The highest BCUT2D eigenvalue weighted by atomic mass is 16.7. The predicted octanol–water partition coefficient (Wildman–Crippen LogP) is 3.01. The Morgan fingerprint density at radius 2 is 1.71 bits per heavy atom. The van der Waals surface area contributed by atoms with Gasteiger partial charge in [-0.2, -0.15) is 0 Å². The SMILES string of the molecule is CCC1(c2cccc(B3OC(C)(C)C(C)(C)O3)c2)CCO1. The number of hydrogen-bond acceptors (Lipinski definition) is 3. The Kier molecular flexibility index (Phi) is 3.47. The Hall–Kier alpha value is -0.835. The van der Waals surface area contributed by atoms with Crippen LogP contribution in [0.15, 0.2) is 24.3 Å². The van der Waals surface area contributed by atoms with Gasteiger partial charge in [-0.3, -0.25) is 0 Å². The van der Waals surface area contributed by atoms with Gasteiger partial charge >= 0.3 is 7.12 Å². The maximum atomic E-state index is 6.14. The highest BCUT2D eigenvalue weighted by Gasteiger charge is 2.52. The molecule has 1 aromatic rings. The summed E-state index contributed by atoms with van der Waals surface area (Å²) in [6, 6.07) is 8.49. The molecule has 21 heavy (non-hydrogen) atoms. The first kappa shape index (κ1) is 15.1. The van der Waals surface area contributed by atoms with Crippen molar-refractivity contribution in [1.29, 1.82) is 0 Å². The lowest BCUT2D eigenvalue weighted by atomic mass is 9.75. The van der Waals surface area contributed by atoms with Crippen LogP contribution >= 0.6 is 0 Å². The summed E-state index contributed by atoms with van der Waals surface area (Å²) in [5, 5.41) is 0. The fourth-order valence-corrected chi connectivity index (χ4v) is 3.01. The molecule has 2 saturated heterocycles. The first-order valence-corrected chi connectivity index (χ1v) is 7.90. The molecule has 3 rings (SSSR count). The summed E-state index contributed by atoms with van der Waals surface area (Å²) in [5.41, 5.74) is 1.61. The second-order valence-corrected chi connectivity index (χ2v) is 7.16. The van der Waals surface area contributed by atoms with Crippen molar-refractivity contribution in [2.45, 2.75) is 64.3 Å². The predicted molar refractivity (Wildman–Crippen MR) is 84.7 cm³/mol. The minimum atomic E-state index is -0.302. The van der Waals surface area contributed by atoms with Crippen molar-refractivity contribution in [3.8, 4) is 0 Å². The van der Waals surface area contributed by atoms with Gasteiger partial charge in [0, 0.05) is 6.42 Å². The molecule has 1 atom stereocenters. The third-order valence-electron chi connectivity index (χ3n) is 5.39. The molecule has 0 aromatic heterocycles. The zero-order valence-electron chi connectivity index (χ0n) is 13.7. The van der Waals surface area contributed by atoms with E-state index in [-0.39, 0.29) is 23.9 Å². The van der Waals surface area contributed by atoms with Crippen LogP contribution in [0.5, 0.6) is 0 Å². The van der Waals surface area contributed by atoms with Gasteiger partial charge in [0.05, 0.1) is 23.4 Å². The van der Waals surface area contributed by atoms with E-state index >= 15 is 0 Å². The molecule has 0 amide bonds. The third kappa shape index (κ3) is 2.34. The zero-order chi connectivity index (χ0) is 15.3. The second kappa shape index (κ2) is 4.84. The van der Waals surface area contributed by atoms with Crippen LogP contribution in [-0.2, 0) is 19.6 Å². The van der Waals surface area contributed by atoms with Crippen molar-refractivity contribution in [1.82, 2.24) is 0 Å². The number of rotatable bonds is 3. The van der Waals surface area contributed by atoms with Crippen molar-refractivity contribution in [2.24, 2.45) is 0 Å². The maximum Gasteiger partial charge on any atom is 0.494 e. The molecule has 1 unspecified atom stereocenters. The van der Waals surface area contributed by atoms with Gasteiger partial charge in [0.15, 0.2) is 0 Å². The van der Waals surface area contributed by atoms with E-state index in [1.54, 1.807) is 0 Å². The highest BCUT2D eigenvalue weighted by molar-refractivity contribution is 6.62. The van der Waals surface area contributed by atoms with Crippen LogP contribution in [0.4, 0.5) is 0 Å². The summed E-state index contributed by atoms with van der Waals surface area (Å²) < 4.78 is 18.2. The summed E-state index contributed by atoms with van der Waals surface area (Å²) in [6.45, 7) is 11.4. The third-order valence-corrected chi connectivity index (χ3v) is 5.39. The van der Waals surface area contributed by atoms with Crippen LogP contribution in [0.2, 0.25) is 0 Å². The molecule has 114 valence electrons. The lowest BCUT2D eigenvalue weighted by Crippen LogP contribution is -2.42. The lowest BCUT2D eigenvalue weighted by molar-refractivity contribution is -0.156. The van der Waals surface area contributed by atoms with E-state index in [1.807, 2.05) is 0 Å². The van der Waals surface area contributed by atoms with Crippen LogP contribution in [0.25, 0.3) is 0 Å². The monoisotopic (exact) mass is 288 g/mol. The Morgan fingerprint density at radius 3 is 2.19 bits per heavy atom. The minimum absolute atomic E-state index is 0.0976. The smallest absolute Gasteiger partial charge is 0.399 e. The number of ether oxygens (including phenoxy) is 1. The van der Waals surface area contributed by atoms with Crippen molar-refractivity contribution in [2.75, 3.05) is 6.61 Å². The Bertz CT molecular complexity index is 513. The van der Waals surface area contributed by atoms with E-state index in [1.165, 1.54) is 5.56 Å². The average Bonchev–Trinajstić information content (AvgIpc) is 2.58. The van der Waals surface area contributed by atoms with Crippen molar-refractivity contribution >= 4 is 12.6 Å². The summed E-state index contributed by atoms with van der Waals surface area (Å²) in [5.74, 6) is 0. The largest absolute Gasteiger partial charge is 0.494 e. The molecule has 0 saturated carbocycles. The van der Waals surface area contributed by atoms with Gasteiger partial charge in [0.2, 0.25) is 0 Å². The molecule has 0 spiro atoms. The van der Waals surface area contributed by atoms with Crippen molar-refractivity contribution in [3.63, 3.8) is 0 Å². The van der Waals surface area contributed by atoms with Gasteiger partial charge in [-0.1, -0.05) is 31.2 Å². The van der Waals surface area contributed by atoms with E-state index < -0.39 is 0 Å². The lowest BCUT2D eigenvalue weighted by Gasteiger charge is -2.42. The van der Waals surface area contributed by atoms with Crippen LogP contribution in [-0.4, -0.2) is 24.9 Å². The van der Waals surface area contributed by atoms with E-state index in [0.29, 0.717) is 0 Å². The first-order valence-electron chi connectivity index (χ1n) is 7.90. The quantitative estimate of drug-likeness (QED) is 0.800. The van der Waals surface area contributed by atoms with Gasteiger partial charge in [-0.05, 0) is 45.1 Å². The molecule has 0 aliphatic carbocycles. The molecule has 0 bridgehead atoms. The standard InChI is InChI=1S/C17H25BO3/c1-6-17(10-11-19-17)13-8-7-9-14(12-13)18-20-15(2,3)16(4,5)21-18/h7-9,12H,6,10-11H2,1-5H3. The van der Waals surface area contributed by atoms with Crippen molar-refractivity contribution in [3.05, 3.63) is 29.8 Å². The average molecular weight is 288 g/mol. The highest BCUT2D eigenvalue weighted by Crippen LogP contribution is 2.40. The Labute approximate surface area is 128 Å². The minimum Gasteiger partial charge on any atom is -0.399 e. The zero-order valence-corrected chi connectivity index (χ0v) is 13.7. The summed E-state index contributed by atoms with van der Waals surface area (Å²) in [7, 11) is -0.302. The molecule has 2 fully saturated rings. The molecule has 2 aliphatic rings. The summed E-state index contributed by atoms with van der Waals surface area (Å²) in [4.78, 5) is 0. The van der Waals surface area contributed by atoms with Gasteiger partial charge in [-0.25, -0.2) is 0 Å². The van der Waals surface area contributed by atoms with Gasteiger partial charge in [0.25, 0.3) is 0 Å². The summed E-state index contributed by atoms with van der Waals surface area (Å²) >= 11 is 0. The molecule has 2 aliphatic heterocycles. The molecule has 0 radical (unpaired) electrons. The summed E-state index contributed by atoms with van der Waals surface area (Å²) in [6.07, 6.45) is 2.09. The maximum absolute atomic E-state index is 6.14. The molecular formula is C17H25BO3. The first-order chi connectivity index (χ1) is 9.80. The van der Waals surface area contributed by atoms with Crippen LogP contribution in [0, 0.1) is 0 Å². The number of benzene rings is 1. The molecule has 2 heterocycles. The Morgan fingerprint density at radius 1 is 1.10 bits per heavy atom.